The molecule has 78 valence electrons. The lowest BCUT2D eigenvalue weighted by Crippen LogP contribution is -2.22. The van der Waals surface area contributed by atoms with Gasteiger partial charge in [-0.15, -0.1) is 0 Å². The molecule has 0 aliphatic carbocycles. The molecular weight excluding hydrogens is 168 g/mol. The third-order valence-electron chi connectivity index (χ3n) is 2.28. The van der Waals surface area contributed by atoms with E-state index in [0.29, 0.717) is 0 Å². The van der Waals surface area contributed by atoms with Crippen molar-refractivity contribution >= 4 is 5.78 Å². The fraction of sp³-hybridized carbons (Fsp3) is 0.900. The van der Waals surface area contributed by atoms with Gasteiger partial charge in [-0.25, -0.2) is 0 Å². The van der Waals surface area contributed by atoms with Crippen LogP contribution in [0.5, 0.6) is 0 Å². The minimum atomic E-state index is -0.260. The Hall–Kier alpha value is -0.410. The van der Waals surface area contributed by atoms with Crippen LogP contribution in [0.4, 0.5) is 0 Å². The molecule has 0 aromatic rings. The molecule has 0 radical (unpaired) electrons. The maximum Gasteiger partial charge on any atom is 0.158 e. The highest BCUT2D eigenvalue weighted by molar-refractivity contribution is 5.80. The van der Waals surface area contributed by atoms with Crippen LogP contribution in [0, 0.1) is 0 Å². The highest BCUT2D eigenvalue weighted by atomic mass is 16.5. The summed E-state index contributed by atoms with van der Waals surface area (Å²) in [5, 5.41) is 0. The molecule has 0 rings (SSSR count). The molecule has 0 aliphatic heterocycles. The molecule has 2 unspecified atom stereocenters. The van der Waals surface area contributed by atoms with Crippen LogP contribution in [-0.2, 0) is 14.3 Å². The predicted octanol–water partition coefficient (Wildman–Crippen LogP) is 1.80. The number of ketones is 1. The number of hydrogen-bond acceptors (Lipinski definition) is 3. The van der Waals surface area contributed by atoms with Crippen LogP contribution in [0.1, 0.15) is 33.1 Å². The molecular formula is C10H20O3. The van der Waals surface area contributed by atoms with Gasteiger partial charge in [0.25, 0.3) is 0 Å². The van der Waals surface area contributed by atoms with Gasteiger partial charge in [0, 0.05) is 14.2 Å². The van der Waals surface area contributed by atoms with Gasteiger partial charge < -0.3 is 9.47 Å². The lowest BCUT2D eigenvalue weighted by atomic mass is 10.1. The summed E-state index contributed by atoms with van der Waals surface area (Å²) >= 11 is 0. The second-order valence-corrected chi connectivity index (χ2v) is 3.18. The molecule has 0 aliphatic rings. The van der Waals surface area contributed by atoms with Gasteiger partial charge in [-0.05, 0) is 26.2 Å². The van der Waals surface area contributed by atoms with Gasteiger partial charge >= 0.3 is 0 Å². The minimum Gasteiger partial charge on any atom is -0.381 e. The zero-order chi connectivity index (χ0) is 10.3. The monoisotopic (exact) mass is 188 g/mol. The summed E-state index contributed by atoms with van der Waals surface area (Å²) in [6.45, 7) is 3.63. The quantitative estimate of drug-likeness (QED) is 0.611. The fourth-order valence-electron chi connectivity index (χ4n) is 1.31. The standard InChI is InChI=1S/C10H20O3/c1-5-9(12-3)6-7-10(13-4)8(2)11/h9-10H,5-7H2,1-4H3. The van der Waals surface area contributed by atoms with E-state index in [2.05, 4.69) is 6.92 Å². The Morgan fingerprint density at radius 2 is 1.85 bits per heavy atom. The first kappa shape index (κ1) is 12.6. The first-order valence-corrected chi connectivity index (χ1v) is 4.71. The Balaban J connectivity index is 3.76. The molecule has 0 aromatic carbocycles. The largest absolute Gasteiger partial charge is 0.381 e. The van der Waals surface area contributed by atoms with E-state index in [0.717, 1.165) is 19.3 Å². The average molecular weight is 188 g/mol. The summed E-state index contributed by atoms with van der Waals surface area (Å²) in [6.07, 6.45) is 2.59. The van der Waals surface area contributed by atoms with Crippen molar-refractivity contribution in [3.8, 4) is 0 Å². The Bertz CT molecular complexity index is 141. The third-order valence-corrected chi connectivity index (χ3v) is 2.28. The highest BCUT2D eigenvalue weighted by Gasteiger charge is 2.15. The number of carbonyl (C=O) groups is 1. The molecule has 3 nitrogen and oxygen atoms in total. The van der Waals surface area contributed by atoms with Gasteiger partial charge in [-0.2, -0.15) is 0 Å². The van der Waals surface area contributed by atoms with Crippen LogP contribution in [0.25, 0.3) is 0 Å². The Labute approximate surface area is 80.4 Å². The number of hydrogen-bond donors (Lipinski definition) is 0. The van der Waals surface area contributed by atoms with E-state index < -0.39 is 0 Å². The van der Waals surface area contributed by atoms with E-state index >= 15 is 0 Å². The van der Waals surface area contributed by atoms with Crippen molar-refractivity contribution in [2.45, 2.75) is 45.3 Å². The second-order valence-electron chi connectivity index (χ2n) is 3.18. The highest BCUT2D eigenvalue weighted by Crippen LogP contribution is 2.10. The van der Waals surface area contributed by atoms with Crippen molar-refractivity contribution < 1.29 is 14.3 Å². The molecule has 3 heteroatoms. The Morgan fingerprint density at radius 1 is 1.23 bits per heavy atom. The molecule has 0 heterocycles. The molecule has 0 amide bonds. The lowest BCUT2D eigenvalue weighted by molar-refractivity contribution is -0.127. The van der Waals surface area contributed by atoms with Gasteiger partial charge in [0.2, 0.25) is 0 Å². The van der Waals surface area contributed by atoms with E-state index in [-0.39, 0.29) is 18.0 Å². The molecule has 13 heavy (non-hydrogen) atoms. The van der Waals surface area contributed by atoms with Crippen molar-refractivity contribution in [2.75, 3.05) is 14.2 Å². The second kappa shape index (κ2) is 7.04. The molecule has 0 fully saturated rings. The molecule has 0 saturated heterocycles. The van der Waals surface area contributed by atoms with Gasteiger partial charge in [0.05, 0.1) is 6.10 Å². The summed E-state index contributed by atoms with van der Waals surface area (Å²) in [5.41, 5.74) is 0. The fourth-order valence-corrected chi connectivity index (χ4v) is 1.31. The summed E-state index contributed by atoms with van der Waals surface area (Å²) in [6, 6.07) is 0. The van der Waals surface area contributed by atoms with Crippen molar-refractivity contribution in [3.05, 3.63) is 0 Å². The van der Waals surface area contributed by atoms with Crippen LogP contribution in [-0.4, -0.2) is 32.2 Å². The normalized spacial score (nSPS) is 15.4. The van der Waals surface area contributed by atoms with Gasteiger partial charge in [-0.1, -0.05) is 6.92 Å². The van der Waals surface area contributed by atoms with Gasteiger partial charge in [0.15, 0.2) is 5.78 Å². The molecule has 0 N–H and O–H groups in total. The van der Waals surface area contributed by atoms with Crippen LogP contribution in [0.3, 0.4) is 0 Å². The van der Waals surface area contributed by atoms with Crippen LogP contribution in [0.15, 0.2) is 0 Å². The number of Topliss-reactive ketones (excluding diaryl/α,β-unsaturated/α-hetero) is 1. The summed E-state index contributed by atoms with van der Waals surface area (Å²) in [4.78, 5) is 11.0. The summed E-state index contributed by atoms with van der Waals surface area (Å²) < 4.78 is 10.3. The van der Waals surface area contributed by atoms with Gasteiger partial charge in [-0.3, -0.25) is 4.79 Å². The first-order chi connectivity index (χ1) is 6.15. The van der Waals surface area contributed by atoms with E-state index in [4.69, 9.17) is 9.47 Å². The topological polar surface area (TPSA) is 35.5 Å². The van der Waals surface area contributed by atoms with E-state index in [1.807, 2.05) is 0 Å². The number of methoxy groups -OCH3 is 2. The van der Waals surface area contributed by atoms with Crippen LogP contribution >= 0.6 is 0 Å². The van der Waals surface area contributed by atoms with E-state index in [9.17, 15) is 4.79 Å². The lowest BCUT2D eigenvalue weighted by Gasteiger charge is -2.16. The number of carbonyl (C=O) groups excluding carboxylic acids is 1. The van der Waals surface area contributed by atoms with Crippen molar-refractivity contribution in [1.82, 2.24) is 0 Å². The zero-order valence-electron chi connectivity index (χ0n) is 9.00. The maximum absolute atomic E-state index is 11.0. The SMILES string of the molecule is CCC(CCC(OC)C(C)=O)OC. The smallest absolute Gasteiger partial charge is 0.158 e. The minimum absolute atomic E-state index is 0.0912. The van der Waals surface area contributed by atoms with Crippen LogP contribution in [0.2, 0.25) is 0 Å². The first-order valence-electron chi connectivity index (χ1n) is 4.71. The molecule has 0 spiro atoms. The van der Waals surface area contributed by atoms with Gasteiger partial charge in [0.1, 0.15) is 6.10 Å². The van der Waals surface area contributed by atoms with Crippen LogP contribution < -0.4 is 0 Å². The molecule has 0 aromatic heterocycles. The third kappa shape index (κ3) is 5.01. The summed E-state index contributed by atoms with van der Waals surface area (Å²) in [5.74, 6) is 0.0912. The maximum atomic E-state index is 11.0. The molecule has 0 bridgehead atoms. The zero-order valence-corrected chi connectivity index (χ0v) is 9.00. The van der Waals surface area contributed by atoms with Crippen molar-refractivity contribution in [1.29, 1.82) is 0 Å². The molecule has 0 saturated carbocycles. The number of ether oxygens (including phenoxy) is 2. The average Bonchev–Trinajstić information content (AvgIpc) is 2.12. The Morgan fingerprint density at radius 3 is 2.15 bits per heavy atom. The summed E-state index contributed by atoms with van der Waals surface area (Å²) in [7, 11) is 3.27. The van der Waals surface area contributed by atoms with E-state index in [1.54, 1.807) is 21.1 Å². The van der Waals surface area contributed by atoms with Crippen molar-refractivity contribution in [2.24, 2.45) is 0 Å². The number of rotatable bonds is 7. The molecule has 2 atom stereocenters. The predicted molar refractivity (Wildman–Crippen MR) is 51.8 cm³/mol. The van der Waals surface area contributed by atoms with Crippen molar-refractivity contribution in [3.63, 3.8) is 0 Å². The van der Waals surface area contributed by atoms with E-state index in [1.165, 1.54) is 0 Å². The Kier molecular flexibility index (Phi) is 6.82.